The number of thiazole rings is 1. The van der Waals surface area contributed by atoms with Gasteiger partial charge in [0.05, 0.1) is 5.69 Å². The van der Waals surface area contributed by atoms with Crippen molar-refractivity contribution in [3.63, 3.8) is 0 Å². The zero-order valence-corrected chi connectivity index (χ0v) is 14.4. The number of nitrogens with zero attached hydrogens (tertiary/aromatic N) is 2. The number of aromatic nitrogens is 3. The molecule has 0 unspecified atom stereocenters. The topological polar surface area (TPSA) is 70.7 Å². The van der Waals surface area contributed by atoms with Crippen molar-refractivity contribution in [1.29, 1.82) is 0 Å². The van der Waals surface area contributed by atoms with Crippen LogP contribution >= 0.6 is 11.3 Å². The molecule has 2 heterocycles. The fourth-order valence-corrected chi connectivity index (χ4v) is 3.30. The van der Waals surface area contributed by atoms with Crippen LogP contribution in [-0.2, 0) is 0 Å². The van der Waals surface area contributed by atoms with Gasteiger partial charge >= 0.3 is 0 Å². The number of H-pyrrole nitrogens is 1. The van der Waals surface area contributed by atoms with Gasteiger partial charge in [0.25, 0.3) is 5.91 Å². The van der Waals surface area contributed by atoms with Gasteiger partial charge < -0.3 is 0 Å². The van der Waals surface area contributed by atoms with Gasteiger partial charge in [0.2, 0.25) is 0 Å². The SMILES string of the molecule is Cc1ccc(-c2csc(NC(=O)c3cc(C4CC4)[nH]n3)n2)cc1C. The zero-order chi connectivity index (χ0) is 16.7. The summed E-state index contributed by atoms with van der Waals surface area (Å²) in [6, 6.07) is 8.10. The first kappa shape index (κ1) is 15.1. The Morgan fingerprint density at radius 3 is 2.83 bits per heavy atom. The highest BCUT2D eigenvalue weighted by Crippen LogP contribution is 2.39. The summed E-state index contributed by atoms with van der Waals surface area (Å²) in [6.07, 6.45) is 2.35. The minimum Gasteiger partial charge on any atom is -0.296 e. The molecule has 1 aliphatic carbocycles. The largest absolute Gasteiger partial charge is 0.296 e. The summed E-state index contributed by atoms with van der Waals surface area (Å²) in [4.78, 5) is 16.8. The summed E-state index contributed by atoms with van der Waals surface area (Å²) in [5, 5.41) is 12.4. The average Bonchev–Trinajstić information content (AvgIpc) is 3.11. The van der Waals surface area contributed by atoms with Gasteiger partial charge in [-0.2, -0.15) is 5.10 Å². The fraction of sp³-hybridized carbons (Fsp3) is 0.278. The van der Waals surface area contributed by atoms with Crippen LogP contribution in [0.5, 0.6) is 0 Å². The van der Waals surface area contributed by atoms with E-state index >= 15 is 0 Å². The molecule has 0 bridgehead atoms. The molecule has 1 saturated carbocycles. The van der Waals surface area contributed by atoms with Gasteiger partial charge in [-0.15, -0.1) is 11.3 Å². The average molecular weight is 338 g/mol. The van der Waals surface area contributed by atoms with Crippen molar-refractivity contribution in [2.75, 3.05) is 5.32 Å². The maximum atomic E-state index is 12.3. The van der Waals surface area contributed by atoms with Crippen molar-refractivity contribution in [3.8, 4) is 11.3 Å². The van der Waals surface area contributed by atoms with Crippen LogP contribution in [0.4, 0.5) is 5.13 Å². The van der Waals surface area contributed by atoms with E-state index in [-0.39, 0.29) is 5.91 Å². The monoisotopic (exact) mass is 338 g/mol. The lowest BCUT2D eigenvalue weighted by Crippen LogP contribution is -2.12. The number of aryl methyl sites for hydroxylation is 2. The molecule has 122 valence electrons. The van der Waals surface area contributed by atoms with E-state index in [1.165, 1.54) is 35.3 Å². The highest BCUT2D eigenvalue weighted by Gasteiger charge is 2.26. The van der Waals surface area contributed by atoms with Gasteiger partial charge in [-0.1, -0.05) is 12.1 Å². The minimum atomic E-state index is -0.223. The van der Waals surface area contributed by atoms with Crippen molar-refractivity contribution in [2.24, 2.45) is 0 Å². The molecule has 0 radical (unpaired) electrons. The Morgan fingerprint density at radius 2 is 2.08 bits per heavy atom. The first-order valence-corrected chi connectivity index (χ1v) is 8.88. The normalized spacial score (nSPS) is 13.9. The molecule has 1 aromatic carbocycles. The van der Waals surface area contributed by atoms with Gasteiger partial charge in [-0.25, -0.2) is 4.98 Å². The summed E-state index contributed by atoms with van der Waals surface area (Å²) >= 11 is 1.42. The Hall–Kier alpha value is -2.47. The van der Waals surface area contributed by atoms with Crippen molar-refractivity contribution >= 4 is 22.4 Å². The first-order valence-electron chi connectivity index (χ1n) is 8.00. The molecule has 2 N–H and O–H groups in total. The number of hydrogen-bond acceptors (Lipinski definition) is 4. The molecular formula is C18H18N4OS. The minimum absolute atomic E-state index is 0.223. The van der Waals surface area contributed by atoms with Crippen molar-refractivity contribution in [3.05, 3.63) is 52.2 Å². The van der Waals surface area contributed by atoms with E-state index in [2.05, 4.69) is 52.5 Å². The standard InChI is InChI=1S/C18H18N4OS/c1-10-3-4-13(7-11(10)2)16-9-24-18(19-16)20-17(23)15-8-14(21-22-15)12-5-6-12/h3-4,7-9,12H,5-6H2,1-2H3,(H,21,22)(H,19,20,23). The van der Waals surface area contributed by atoms with E-state index in [0.29, 0.717) is 16.7 Å². The summed E-state index contributed by atoms with van der Waals surface area (Å²) in [5.41, 5.74) is 5.89. The van der Waals surface area contributed by atoms with Crippen LogP contribution in [0.15, 0.2) is 29.6 Å². The molecule has 0 atom stereocenters. The second-order valence-electron chi connectivity index (χ2n) is 6.27. The maximum absolute atomic E-state index is 12.3. The third-order valence-corrected chi connectivity index (χ3v) is 5.13. The molecule has 1 amide bonds. The summed E-state index contributed by atoms with van der Waals surface area (Å²) < 4.78 is 0. The summed E-state index contributed by atoms with van der Waals surface area (Å²) in [5.74, 6) is 0.328. The molecule has 0 spiro atoms. The summed E-state index contributed by atoms with van der Waals surface area (Å²) in [6.45, 7) is 4.18. The van der Waals surface area contributed by atoms with Crippen LogP contribution in [-0.4, -0.2) is 21.1 Å². The first-order chi connectivity index (χ1) is 11.6. The Bertz CT molecular complexity index is 907. The number of rotatable bonds is 4. The summed E-state index contributed by atoms with van der Waals surface area (Å²) in [7, 11) is 0. The number of hydrogen-bond donors (Lipinski definition) is 2. The predicted molar refractivity (Wildman–Crippen MR) is 95.5 cm³/mol. The lowest BCUT2D eigenvalue weighted by Gasteiger charge is -2.02. The molecule has 0 aliphatic heterocycles. The predicted octanol–water partition coefficient (Wildman–Crippen LogP) is 4.28. The van der Waals surface area contributed by atoms with Gasteiger partial charge in [0.15, 0.2) is 10.8 Å². The van der Waals surface area contributed by atoms with Gasteiger partial charge in [0, 0.05) is 22.6 Å². The Balaban J connectivity index is 1.49. The third-order valence-electron chi connectivity index (χ3n) is 4.37. The molecule has 1 aliphatic rings. The molecule has 2 aromatic heterocycles. The highest BCUT2D eigenvalue weighted by atomic mass is 32.1. The number of anilines is 1. The van der Waals surface area contributed by atoms with Crippen LogP contribution < -0.4 is 5.32 Å². The van der Waals surface area contributed by atoms with Crippen LogP contribution in [0.3, 0.4) is 0 Å². The zero-order valence-electron chi connectivity index (χ0n) is 13.6. The number of benzene rings is 1. The van der Waals surface area contributed by atoms with Gasteiger partial charge in [-0.3, -0.25) is 15.2 Å². The molecule has 6 heteroatoms. The molecule has 3 aromatic rings. The smallest absolute Gasteiger partial charge is 0.277 e. The number of amides is 1. The molecule has 1 fully saturated rings. The Labute approximate surface area is 144 Å². The van der Waals surface area contributed by atoms with E-state index in [4.69, 9.17) is 0 Å². The van der Waals surface area contributed by atoms with E-state index in [1.54, 1.807) is 0 Å². The third kappa shape index (κ3) is 2.97. The van der Waals surface area contributed by atoms with Crippen molar-refractivity contribution in [2.45, 2.75) is 32.6 Å². The number of carbonyl (C=O) groups is 1. The second-order valence-corrected chi connectivity index (χ2v) is 7.13. The molecule has 0 saturated heterocycles. The van der Waals surface area contributed by atoms with E-state index < -0.39 is 0 Å². The molecular weight excluding hydrogens is 320 g/mol. The van der Waals surface area contributed by atoms with Crippen molar-refractivity contribution in [1.82, 2.24) is 15.2 Å². The number of aromatic amines is 1. The molecule has 5 nitrogen and oxygen atoms in total. The lowest BCUT2D eigenvalue weighted by atomic mass is 10.1. The molecule has 24 heavy (non-hydrogen) atoms. The van der Waals surface area contributed by atoms with E-state index in [1.807, 2.05) is 11.4 Å². The van der Waals surface area contributed by atoms with Crippen LogP contribution in [0.25, 0.3) is 11.3 Å². The van der Waals surface area contributed by atoms with Crippen molar-refractivity contribution < 1.29 is 4.79 Å². The van der Waals surface area contributed by atoms with Crippen LogP contribution in [0, 0.1) is 13.8 Å². The van der Waals surface area contributed by atoms with E-state index in [9.17, 15) is 4.79 Å². The lowest BCUT2D eigenvalue weighted by molar-refractivity contribution is 0.102. The van der Waals surface area contributed by atoms with Crippen LogP contribution in [0.1, 0.15) is 46.1 Å². The number of carbonyl (C=O) groups excluding carboxylic acids is 1. The van der Waals surface area contributed by atoms with Gasteiger partial charge in [-0.05, 0) is 49.9 Å². The maximum Gasteiger partial charge on any atom is 0.277 e. The number of nitrogens with one attached hydrogen (secondary N) is 2. The van der Waals surface area contributed by atoms with Crippen LogP contribution in [0.2, 0.25) is 0 Å². The Kier molecular flexibility index (Phi) is 3.69. The fourth-order valence-electron chi connectivity index (χ4n) is 2.58. The van der Waals surface area contributed by atoms with E-state index in [0.717, 1.165) is 17.0 Å². The quantitative estimate of drug-likeness (QED) is 0.746. The Morgan fingerprint density at radius 1 is 1.25 bits per heavy atom. The highest BCUT2D eigenvalue weighted by molar-refractivity contribution is 7.14. The molecule has 4 rings (SSSR count). The second kappa shape index (κ2) is 5.87. The van der Waals surface area contributed by atoms with Gasteiger partial charge in [0.1, 0.15) is 0 Å².